The lowest BCUT2D eigenvalue weighted by atomic mass is 9.98. The van der Waals surface area contributed by atoms with Crippen LogP contribution in [0.5, 0.6) is 0 Å². The third-order valence-corrected chi connectivity index (χ3v) is 2.52. The molecule has 74 valence electrons. The quantitative estimate of drug-likeness (QED) is 0.717. The largest absolute Gasteiger partial charge is 0.377 e. The molecule has 0 spiro atoms. The van der Waals surface area contributed by atoms with Gasteiger partial charge in [0.2, 0.25) is 0 Å². The van der Waals surface area contributed by atoms with E-state index in [0.717, 1.165) is 29.8 Å². The molecule has 1 aromatic carbocycles. The summed E-state index contributed by atoms with van der Waals surface area (Å²) in [5.74, 6) is 0.0514. The van der Waals surface area contributed by atoms with E-state index < -0.39 is 0 Å². The molecule has 14 heavy (non-hydrogen) atoms. The molecular formula is C11H14N2O. The number of benzene rings is 1. The zero-order valence-electron chi connectivity index (χ0n) is 8.50. The van der Waals surface area contributed by atoms with Crippen molar-refractivity contribution in [1.29, 1.82) is 0 Å². The number of hydrogen-bond acceptors (Lipinski definition) is 2. The highest BCUT2D eigenvalue weighted by Crippen LogP contribution is 2.24. The minimum Gasteiger partial charge on any atom is -0.377 e. The van der Waals surface area contributed by atoms with Crippen LogP contribution in [-0.4, -0.2) is 26.5 Å². The fourth-order valence-corrected chi connectivity index (χ4v) is 1.83. The Kier molecular flexibility index (Phi) is 2.15. The van der Waals surface area contributed by atoms with Gasteiger partial charge in [-0.25, -0.2) is 0 Å². The van der Waals surface area contributed by atoms with Crippen molar-refractivity contribution in [3.05, 3.63) is 29.3 Å². The van der Waals surface area contributed by atoms with Crippen LogP contribution in [0, 0.1) is 0 Å². The van der Waals surface area contributed by atoms with Gasteiger partial charge in [-0.3, -0.25) is 4.79 Å². The third kappa shape index (κ3) is 1.35. The van der Waals surface area contributed by atoms with Gasteiger partial charge in [0.1, 0.15) is 0 Å². The number of rotatable bonds is 1. The Morgan fingerprint density at radius 2 is 2.14 bits per heavy atom. The van der Waals surface area contributed by atoms with Crippen LogP contribution in [0.4, 0.5) is 5.69 Å². The number of anilines is 1. The Hall–Kier alpha value is -1.51. The standard InChI is InChI=1S/C11H14N2O/c1-13(2)9-5-3-4-8-6-7-12-11(14)10(8)9/h3-5H,6-7H2,1-2H3,(H,12,14). The lowest BCUT2D eigenvalue weighted by Crippen LogP contribution is -2.33. The zero-order valence-corrected chi connectivity index (χ0v) is 8.50. The molecule has 1 amide bonds. The fourth-order valence-electron chi connectivity index (χ4n) is 1.83. The molecule has 0 fully saturated rings. The van der Waals surface area contributed by atoms with E-state index in [1.807, 2.05) is 37.2 Å². The average Bonchev–Trinajstić information content (AvgIpc) is 2.17. The molecule has 0 radical (unpaired) electrons. The monoisotopic (exact) mass is 190 g/mol. The van der Waals surface area contributed by atoms with Gasteiger partial charge in [-0.15, -0.1) is 0 Å². The minimum absolute atomic E-state index is 0.0514. The molecule has 0 unspecified atom stereocenters. The summed E-state index contributed by atoms with van der Waals surface area (Å²) in [5, 5.41) is 2.87. The molecule has 1 heterocycles. The molecule has 3 heteroatoms. The number of amides is 1. The van der Waals surface area contributed by atoms with Crippen molar-refractivity contribution >= 4 is 11.6 Å². The van der Waals surface area contributed by atoms with Gasteiger partial charge in [-0.1, -0.05) is 12.1 Å². The molecule has 0 aromatic heterocycles. The van der Waals surface area contributed by atoms with Crippen LogP contribution in [0.2, 0.25) is 0 Å². The van der Waals surface area contributed by atoms with Gasteiger partial charge in [0.05, 0.1) is 5.56 Å². The molecule has 1 aromatic rings. The summed E-state index contributed by atoms with van der Waals surface area (Å²) in [6.07, 6.45) is 0.933. The molecule has 0 bridgehead atoms. The number of hydrogen-bond donors (Lipinski definition) is 1. The highest BCUT2D eigenvalue weighted by atomic mass is 16.1. The molecule has 0 saturated heterocycles. The summed E-state index contributed by atoms with van der Waals surface area (Å²) >= 11 is 0. The highest BCUT2D eigenvalue weighted by Gasteiger charge is 2.20. The maximum absolute atomic E-state index is 11.7. The van der Waals surface area contributed by atoms with E-state index in [1.54, 1.807) is 0 Å². The summed E-state index contributed by atoms with van der Waals surface area (Å²) in [6.45, 7) is 0.753. The van der Waals surface area contributed by atoms with Crippen LogP contribution < -0.4 is 10.2 Å². The van der Waals surface area contributed by atoms with Crippen molar-refractivity contribution < 1.29 is 4.79 Å². The molecule has 0 aliphatic carbocycles. The molecule has 1 N–H and O–H groups in total. The first-order chi connectivity index (χ1) is 6.70. The second kappa shape index (κ2) is 3.33. The molecule has 3 nitrogen and oxygen atoms in total. The number of carbonyl (C=O) groups excluding carboxylic acids is 1. The van der Waals surface area contributed by atoms with Gasteiger partial charge in [0.25, 0.3) is 5.91 Å². The van der Waals surface area contributed by atoms with Gasteiger partial charge in [-0.2, -0.15) is 0 Å². The van der Waals surface area contributed by atoms with E-state index >= 15 is 0 Å². The van der Waals surface area contributed by atoms with Crippen LogP contribution in [0.1, 0.15) is 15.9 Å². The normalized spacial score (nSPS) is 14.6. The van der Waals surface area contributed by atoms with Crippen molar-refractivity contribution in [2.75, 3.05) is 25.5 Å². The maximum Gasteiger partial charge on any atom is 0.253 e. The van der Waals surface area contributed by atoms with Crippen molar-refractivity contribution in [1.82, 2.24) is 5.32 Å². The van der Waals surface area contributed by atoms with Gasteiger partial charge in [0.15, 0.2) is 0 Å². The van der Waals surface area contributed by atoms with Crippen molar-refractivity contribution in [2.45, 2.75) is 6.42 Å². The lowest BCUT2D eigenvalue weighted by Gasteiger charge is -2.23. The fraction of sp³-hybridized carbons (Fsp3) is 0.364. The second-order valence-corrected chi connectivity index (χ2v) is 3.71. The van der Waals surface area contributed by atoms with E-state index in [9.17, 15) is 4.79 Å². The third-order valence-electron chi connectivity index (χ3n) is 2.52. The second-order valence-electron chi connectivity index (χ2n) is 3.71. The number of nitrogens with one attached hydrogen (secondary N) is 1. The Bertz CT molecular complexity index is 372. The average molecular weight is 190 g/mol. The van der Waals surface area contributed by atoms with E-state index in [-0.39, 0.29) is 5.91 Å². The van der Waals surface area contributed by atoms with Crippen LogP contribution in [-0.2, 0) is 6.42 Å². The first kappa shape index (κ1) is 9.06. The van der Waals surface area contributed by atoms with Gasteiger partial charge >= 0.3 is 0 Å². The molecule has 2 rings (SSSR count). The summed E-state index contributed by atoms with van der Waals surface area (Å²) in [7, 11) is 3.91. The predicted molar refractivity (Wildman–Crippen MR) is 56.8 cm³/mol. The molecule has 1 aliphatic heterocycles. The van der Waals surface area contributed by atoms with Crippen LogP contribution in [0.15, 0.2) is 18.2 Å². The first-order valence-electron chi connectivity index (χ1n) is 4.77. The number of nitrogens with zero attached hydrogens (tertiary/aromatic N) is 1. The van der Waals surface area contributed by atoms with Crippen molar-refractivity contribution in [2.24, 2.45) is 0 Å². The predicted octanol–water partition coefficient (Wildman–Crippen LogP) is 1.04. The Morgan fingerprint density at radius 3 is 2.86 bits per heavy atom. The number of carbonyl (C=O) groups is 1. The highest BCUT2D eigenvalue weighted by molar-refractivity contribution is 6.02. The smallest absolute Gasteiger partial charge is 0.253 e. The van der Waals surface area contributed by atoms with Crippen molar-refractivity contribution in [3.63, 3.8) is 0 Å². The van der Waals surface area contributed by atoms with E-state index in [0.29, 0.717) is 0 Å². The van der Waals surface area contributed by atoms with Gasteiger partial charge < -0.3 is 10.2 Å². The topological polar surface area (TPSA) is 32.3 Å². The summed E-state index contributed by atoms with van der Waals surface area (Å²) in [5.41, 5.74) is 2.99. The van der Waals surface area contributed by atoms with Gasteiger partial charge in [0, 0.05) is 26.3 Å². The molecular weight excluding hydrogens is 176 g/mol. The SMILES string of the molecule is CN(C)c1cccc2c1C(=O)NCC2. The minimum atomic E-state index is 0.0514. The Labute approximate surface area is 83.7 Å². The summed E-state index contributed by atoms with van der Waals surface area (Å²) < 4.78 is 0. The van der Waals surface area contributed by atoms with E-state index in [1.165, 1.54) is 0 Å². The molecule has 1 aliphatic rings. The van der Waals surface area contributed by atoms with Crippen LogP contribution in [0.3, 0.4) is 0 Å². The zero-order chi connectivity index (χ0) is 10.1. The molecule has 0 saturated carbocycles. The van der Waals surface area contributed by atoms with E-state index in [4.69, 9.17) is 0 Å². The first-order valence-corrected chi connectivity index (χ1v) is 4.77. The Balaban J connectivity index is 2.57. The Morgan fingerprint density at radius 1 is 1.36 bits per heavy atom. The summed E-state index contributed by atoms with van der Waals surface area (Å²) in [6, 6.07) is 6.01. The van der Waals surface area contributed by atoms with Crippen LogP contribution in [0.25, 0.3) is 0 Å². The lowest BCUT2D eigenvalue weighted by molar-refractivity contribution is 0.0946. The number of fused-ring (bicyclic) bond motifs is 1. The van der Waals surface area contributed by atoms with E-state index in [2.05, 4.69) is 5.32 Å². The maximum atomic E-state index is 11.7. The van der Waals surface area contributed by atoms with Crippen molar-refractivity contribution in [3.8, 4) is 0 Å². The molecule has 0 atom stereocenters. The van der Waals surface area contributed by atoms with Crippen LogP contribution >= 0.6 is 0 Å². The summed E-state index contributed by atoms with van der Waals surface area (Å²) in [4.78, 5) is 13.6. The van der Waals surface area contributed by atoms with Gasteiger partial charge in [-0.05, 0) is 18.1 Å².